The van der Waals surface area contributed by atoms with Crippen LogP contribution in [0.15, 0.2) is 47.6 Å². The highest BCUT2D eigenvalue weighted by Gasteiger charge is 2.25. The number of carbonyl (C=O) groups excluding carboxylic acids is 2. The van der Waals surface area contributed by atoms with E-state index in [0.717, 1.165) is 42.6 Å². The van der Waals surface area contributed by atoms with E-state index in [1.54, 1.807) is 6.08 Å². The summed E-state index contributed by atoms with van der Waals surface area (Å²) in [5.74, 6) is 0.0434. The number of allylic oxidation sites excluding steroid dienone is 1. The molecule has 1 aromatic carbocycles. The van der Waals surface area contributed by atoms with Gasteiger partial charge < -0.3 is 10.2 Å². The van der Waals surface area contributed by atoms with Crippen LogP contribution in [0.4, 0.5) is 0 Å². The van der Waals surface area contributed by atoms with E-state index in [1.807, 2.05) is 43.9 Å². The topological polar surface area (TPSA) is 49.4 Å². The quantitative estimate of drug-likeness (QED) is 0.647. The Kier molecular flexibility index (Phi) is 7.19. The fourth-order valence-electron chi connectivity index (χ4n) is 3.31. The number of piperidine rings is 1. The van der Waals surface area contributed by atoms with Gasteiger partial charge in [0.05, 0.1) is 5.92 Å². The van der Waals surface area contributed by atoms with Gasteiger partial charge in [-0.3, -0.25) is 9.59 Å². The lowest BCUT2D eigenvalue weighted by Crippen LogP contribution is -2.39. The van der Waals surface area contributed by atoms with Crippen molar-refractivity contribution in [2.24, 2.45) is 0 Å². The van der Waals surface area contributed by atoms with Gasteiger partial charge in [0.1, 0.15) is 0 Å². The average Bonchev–Trinajstić information content (AvgIpc) is 2.61. The average molecular weight is 354 g/mol. The summed E-state index contributed by atoms with van der Waals surface area (Å²) in [6.07, 6.45) is 5.45. The second-order valence-electron chi connectivity index (χ2n) is 7.23. The Balaban J connectivity index is 1.85. The summed E-state index contributed by atoms with van der Waals surface area (Å²) >= 11 is 0. The van der Waals surface area contributed by atoms with Gasteiger partial charge in [-0.2, -0.15) is 0 Å². The fraction of sp³-hybridized carbons (Fsp3) is 0.455. The maximum absolute atomic E-state index is 12.8. The molecule has 1 N–H and O–H groups in total. The lowest BCUT2D eigenvalue weighted by molar-refractivity contribution is -0.132. The van der Waals surface area contributed by atoms with Crippen LogP contribution in [-0.4, -0.2) is 36.3 Å². The molecule has 2 rings (SSSR count). The van der Waals surface area contributed by atoms with Crippen LogP contribution in [0.3, 0.4) is 0 Å². The van der Waals surface area contributed by atoms with E-state index >= 15 is 0 Å². The molecule has 1 aliphatic rings. The van der Waals surface area contributed by atoms with Crippen molar-refractivity contribution >= 4 is 11.8 Å². The van der Waals surface area contributed by atoms with Gasteiger partial charge in [0, 0.05) is 25.7 Å². The molecule has 4 nitrogen and oxygen atoms in total. The number of likely N-dealkylation sites (tertiary alicyclic amines) is 1. The standard InChI is InChI=1S/C22H30N2O2/c1-16(2)15-21(25)23-12-9-19-10-13-24(14-11-19)22(26)18(4)20-8-6-5-7-17(20)3/h5-9,15,18H,10-14H2,1-4H3,(H,23,25). The first-order valence-electron chi connectivity index (χ1n) is 9.33. The van der Waals surface area contributed by atoms with Crippen molar-refractivity contribution in [3.63, 3.8) is 0 Å². The summed E-state index contributed by atoms with van der Waals surface area (Å²) in [6, 6.07) is 8.10. The molecule has 2 amide bonds. The summed E-state index contributed by atoms with van der Waals surface area (Å²) in [4.78, 5) is 26.4. The molecular weight excluding hydrogens is 324 g/mol. The SMILES string of the molecule is CC(C)=CC(=O)NCC=C1CCN(C(=O)C(C)c2ccccc2C)CC1. The van der Waals surface area contributed by atoms with E-state index in [2.05, 4.69) is 24.4 Å². The summed E-state index contributed by atoms with van der Waals surface area (Å²) in [6.45, 7) is 9.91. The van der Waals surface area contributed by atoms with Gasteiger partial charge >= 0.3 is 0 Å². The Hall–Kier alpha value is -2.36. The van der Waals surface area contributed by atoms with E-state index in [4.69, 9.17) is 0 Å². The van der Waals surface area contributed by atoms with Crippen LogP contribution in [0.2, 0.25) is 0 Å². The largest absolute Gasteiger partial charge is 0.349 e. The minimum atomic E-state index is -0.106. The maximum Gasteiger partial charge on any atom is 0.244 e. The smallest absolute Gasteiger partial charge is 0.244 e. The van der Waals surface area contributed by atoms with E-state index < -0.39 is 0 Å². The minimum absolute atomic E-state index is 0.0541. The molecule has 1 aromatic rings. The Morgan fingerprint density at radius 1 is 1.19 bits per heavy atom. The highest BCUT2D eigenvalue weighted by Crippen LogP contribution is 2.24. The van der Waals surface area contributed by atoms with Crippen molar-refractivity contribution in [2.75, 3.05) is 19.6 Å². The van der Waals surface area contributed by atoms with Crippen molar-refractivity contribution in [3.8, 4) is 0 Å². The van der Waals surface area contributed by atoms with Crippen molar-refractivity contribution in [1.82, 2.24) is 10.2 Å². The van der Waals surface area contributed by atoms with E-state index in [-0.39, 0.29) is 17.7 Å². The van der Waals surface area contributed by atoms with Crippen LogP contribution >= 0.6 is 0 Å². The third kappa shape index (κ3) is 5.58. The summed E-state index contributed by atoms with van der Waals surface area (Å²) < 4.78 is 0. The molecule has 0 aliphatic carbocycles. The molecule has 0 bridgehead atoms. The van der Waals surface area contributed by atoms with E-state index in [1.165, 1.54) is 5.57 Å². The number of rotatable bonds is 5. The lowest BCUT2D eigenvalue weighted by atomic mass is 9.94. The Bertz CT molecular complexity index is 705. The van der Waals surface area contributed by atoms with Crippen LogP contribution in [0.25, 0.3) is 0 Å². The first-order valence-corrected chi connectivity index (χ1v) is 9.33. The van der Waals surface area contributed by atoms with Crippen molar-refractivity contribution in [2.45, 2.75) is 46.5 Å². The third-order valence-electron chi connectivity index (χ3n) is 4.83. The van der Waals surface area contributed by atoms with Gasteiger partial charge in [-0.25, -0.2) is 0 Å². The summed E-state index contributed by atoms with van der Waals surface area (Å²) in [7, 11) is 0. The number of carbonyl (C=O) groups is 2. The lowest BCUT2D eigenvalue weighted by Gasteiger charge is -2.31. The fourth-order valence-corrected chi connectivity index (χ4v) is 3.31. The second kappa shape index (κ2) is 9.37. The predicted molar refractivity (Wildman–Crippen MR) is 106 cm³/mol. The van der Waals surface area contributed by atoms with Crippen molar-refractivity contribution in [3.05, 3.63) is 58.7 Å². The number of hydrogen-bond donors (Lipinski definition) is 1. The predicted octanol–water partition coefficient (Wildman–Crippen LogP) is 3.73. The minimum Gasteiger partial charge on any atom is -0.349 e. The van der Waals surface area contributed by atoms with Gasteiger partial charge in [-0.05, 0) is 51.7 Å². The maximum atomic E-state index is 12.8. The van der Waals surface area contributed by atoms with Crippen LogP contribution in [0.1, 0.15) is 50.7 Å². The molecule has 0 saturated carbocycles. The highest BCUT2D eigenvalue weighted by atomic mass is 16.2. The number of benzene rings is 1. The molecule has 1 heterocycles. The molecule has 26 heavy (non-hydrogen) atoms. The number of amides is 2. The molecule has 1 saturated heterocycles. The number of nitrogens with zero attached hydrogens (tertiary/aromatic N) is 1. The molecule has 0 aromatic heterocycles. The molecule has 1 aliphatic heterocycles. The Morgan fingerprint density at radius 3 is 2.46 bits per heavy atom. The van der Waals surface area contributed by atoms with Gasteiger partial charge in [0.25, 0.3) is 0 Å². The molecular formula is C22H30N2O2. The monoisotopic (exact) mass is 354 g/mol. The zero-order valence-electron chi connectivity index (χ0n) is 16.3. The van der Waals surface area contributed by atoms with Crippen molar-refractivity contribution in [1.29, 1.82) is 0 Å². The molecule has 1 atom stereocenters. The van der Waals surface area contributed by atoms with Crippen LogP contribution in [-0.2, 0) is 9.59 Å². The number of hydrogen-bond acceptors (Lipinski definition) is 2. The van der Waals surface area contributed by atoms with E-state index in [9.17, 15) is 9.59 Å². The molecule has 4 heteroatoms. The number of aryl methyl sites for hydroxylation is 1. The van der Waals surface area contributed by atoms with Gasteiger partial charge in [0.2, 0.25) is 11.8 Å². The Morgan fingerprint density at radius 2 is 1.85 bits per heavy atom. The van der Waals surface area contributed by atoms with Crippen LogP contribution < -0.4 is 5.32 Å². The molecule has 1 fully saturated rings. The van der Waals surface area contributed by atoms with Gasteiger partial charge in [0.15, 0.2) is 0 Å². The summed E-state index contributed by atoms with van der Waals surface area (Å²) in [5, 5.41) is 2.87. The van der Waals surface area contributed by atoms with Crippen LogP contribution in [0, 0.1) is 6.92 Å². The summed E-state index contributed by atoms with van der Waals surface area (Å²) in [5.41, 5.74) is 4.58. The zero-order valence-corrected chi connectivity index (χ0v) is 16.3. The normalized spacial score (nSPS) is 15.2. The Labute approximate surface area is 157 Å². The first-order chi connectivity index (χ1) is 12.4. The third-order valence-corrected chi connectivity index (χ3v) is 4.83. The van der Waals surface area contributed by atoms with Gasteiger partial charge in [-0.1, -0.05) is 41.5 Å². The molecule has 1 unspecified atom stereocenters. The molecule has 0 spiro atoms. The highest BCUT2D eigenvalue weighted by molar-refractivity contribution is 5.88. The number of nitrogens with one attached hydrogen (secondary N) is 1. The van der Waals surface area contributed by atoms with Gasteiger partial charge in [-0.15, -0.1) is 0 Å². The van der Waals surface area contributed by atoms with Crippen molar-refractivity contribution < 1.29 is 9.59 Å². The molecule has 140 valence electrons. The molecule has 0 radical (unpaired) electrons. The van der Waals surface area contributed by atoms with E-state index in [0.29, 0.717) is 6.54 Å². The zero-order chi connectivity index (χ0) is 19.1. The second-order valence-corrected chi connectivity index (χ2v) is 7.23. The first kappa shape index (κ1) is 20.0. The van der Waals surface area contributed by atoms with Crippen LogP contribution in [0.5, 0.6) is 0 Å².